The van der Waals surface area contributed by atoms with E-state index in [4.69, 9.17) is 0 Å². The molecule has 2 aliphatic carbocycles. The molecule has 2 amide bonds. The van der Waals surface area contributed by atoms with Crippen LogP contribution in [0, 0.1) is 11.8 Å². The smallest absolute Gasteiger partial charge is 0.226 e. The first-order chi connectivity index (χ1) is 13.7. The highest BCUT2D eigenvalue weighted by Gasteiger charge is 2.48. The number of piperazine rings is 1. The van der Waals surface area contributed by atoms with Crippen LogP contribution in [0.3, 0.4) is 0 Å². The molecular weight excluding hydrogens is 348 g/mol. The predicted molar refractivity (Wildman–Crippen MR) is 108 cm³/mol. The van der Waals surface area contributed by atoms with E-state index in [1.54, 1.807) is 0 Å². The molecule has 1 aliphatic heterocycles. The number of nitrogens with zero attached hydrogens (tertiary/aromatic N) is 2. The molecule has 0 radical (unpaired) electrons. The number of hydrogen-bond donors (Lipinski definition) is 0. The monoisotopic (exact) mass is 374 g/mol. The molecule has 2 aromatic rings. The van der Waals surface area contributed by atoms with Gasteiger partial charge < -0.3 is 9.80 Å². The van der Waals surface area contributed by atoms with E-state index in [0.29, 0.717) is 38.0 Å². The molecule has 4 atom stereocenters. The Balaban J connectivity index is 1.12. The first kappa shape index (κ1) is 17.5. The minimum atomic E-state index is 0.135. The average Bonchev–Trinajstić information content (AvgIpc) is 3.68. The number of amides is 2. The van der Waals surface area contributed by atoms with Crippen LogP contribution in [-0.2, 0) is 9.59 Å². The summed E-state index contributed by atoms with van der Waals surface area (Å²) < 4.78 is 0. The van der Waals surface area contributed by atoms with Crippen molar-refractivity contribution in [3.05, 3.63) is 71.8 Å². The Morgan fingerprint density at radius 3 is 1.32 bits per heavy atom. The molecule has 144 valence electrons. The number of carbonyl (C=O) groups is 2. The van der Waals surface area contributed by atoms with E-state index in [2.05, 4.69) is 24.3 Å². The van der Waals surface area contributed by atoms with Crippen LogP contribution in [0.4, 0.5) is 0 Å². The number of hydrogen-bond acceptors (Lipinski definition) is 2. The summed E-state index contributed by atoms with van der Waals surface area (Å²) >= 11 is 0. The number of benzene rings is 2. The van der Waals surface area contributed by atoms with Crippen LogP contribution in [-0.4, -0.2) is 47.8 Å². The molecule has 1 heterocycles. The van der Waals surface area contributed by atoms with Crippen molar-refractivity contribution in [1.29, 1.82) is 0 Å². The van der Waals surface area contributed by atoms with E-state index in [9.17, 15) is 9.59 Å². The highest BCUT2D eigenvalue weighted by atomic mass is 16.2. The maximum Gasteiger partial charge on any atom is 0.226 e. The van der Waals surface area contributed by atoms with Gasteiger partial charge in [-0.15, -0.1) is 0 Å². The normalized spacial score (nSPS) is 28.7. The van der Waals surface area contributed by atoms with Crippen molar-refractivity contribution in [2.45, 2.75) is 24.7 Å². The highest BCUT2D eigenvalue weighted by Crippen LogP contribution is 2.49. The van der Waals surface area contributed by atoms with Crippen LogP contribution in [0.25, 0.3) is 0 Å². The van der Waals surface area contributed by atoms with Gasteiger partial charge >= 0.3 is 0 Å². The molecule has 2 saturated carbocycles. The van der Waals surface area contributed by atoms with Crippen LogP contribution in [0.1, 0.15) is 35.8 Å². The van der Waals surface area contributed by atoms with Gasteiger partial charge in [0.2, 0.25) is 11.8 Å². The third-order valence-electron chi connectivity index (χ3n) is 6.57. The minimum Gasteiger partial charge on any atom is -0.339 e. The van der Waals surface area contributed by atoms with Gasteiger partial charge in [0.15, 0.2) is 0 Å². The van der Waals surface area contributed by atoms with Gasteiger partial charge in [-0.1, -0.05) is 60.7 Å². The molecule has 0 bridgehead atoms. The number of rotatable bonds is 4. The molecule has 28 heavy (non-hydrogen) atoms. The third kappa shape index (κ3) is 3.32. The maximum atomic E-state index is 12.8. The van der Waals surface area contributed by atoms with E-state index in [1.807, 2.05) is 46.2 Å². The fourth-order valence-electron chi connectivity index (χ4n) is 4.69. The molecule has 2 aromatic carbocycles. The summed E-state index contributed by atoms with van der Waals surface area (Å²) in [7, 11) is 0. The first-order valence-electron chi connectivity index (χ1n) is 10.4. The molecular formula is C24H26N2O2. The van der Waals surface area contributed by atoms with E-state index in [0.717, 1.165) is 12.8 Å². The Morgan fingerprint density at radius 2 is 0.964 bits per heavy atom. The lowest BCUT2D eigenvalue weighted by Crippen LogP contribution is -2.51. The third-order valence-corrected chi connectivity index (χ3v) is 6.57. The molecule has 0 unspecified atom stereocenters. The molecule has 3 fully saturated rings. The minimum absolute atomic E-state index is 0.135. The molecule has 0 N–H and O–H groups in total. The largest absolute Gasteiger partial charge is 0.339 e. The molecule has 4 heteroatoms. The second-order valence-corrected chi connectivity index (χ2v) is 8.37. The van der Waals surface area contributed by atoms with Crippen LogP contribution >= 0.6 is 0 Å². The fraction of sp³-hybridized carbons (Fsp3) is 0.417. The van der Waals surface area contributed by atoms with Gasteiger partial charge in [-0.05, 0) is 35.8 Å². The zero-order valence-corrected chi connectivity index (χ0v) is 16.0. The highest BCUT2D eigenvalue weighted by molar-refractivity contribution is 5.85. The lowest BCUT2D eigenvalue weighted by atomic mass is 10.1. The van der Waals surface area contributed by atoms with Gasteiger partial charge in [0.1, 0.15) is 0 Å². The molecule has 0 aromatic heterocycles. The molecule has 1 saturated heterocycles. The first-order valence-corrected chi connectivity index (χ1v) is 10.4. The lowest BCUT2D eigenvalue weighted by Gasteiger charge is -2.35. The Hall–Kier alpha value is -2.62. The van der Waals surface area contributed by atoms with Crippen LogP contribution in [0.15, 0.2) is 60.7 Å². The molecule has 5 rings (SSSR count). The van der Waals surface area contributed by atoms with E-state index >= 15 is 0 Å². The second kappa shape index (κ2) is 7.08. The molecule has 4 nitrogen and oxygen atoms in total. The maximum absolute atomic E-state index is 12.8. The van der Waals surface area contributed by atoms with Crippen LogP contribution in [0.5, 0.6) is 0 Å². The van der Waals surface area contributed by atoms with E-state index in [1.165, 1.54) is 11.1 Å². The zero-order valence-electron chi connectivity index (χ0n) is 16.0. The van der Waals surface area contributed by atoms with E-state index in [-0.39, 0.29) is 23.7 Å². The molecule has 3 aliphatic rings. The predicted octanol–water partition coefficient (Wildman–Crippen LogP) is 3.26. The Bertz CT molecular complexity index is 785. The van der Waals surface area contributed by atoms with Crippen molar-refractivity contribution < 1.29 is 9.59 Å². The van der Waals surface area contributed by atoms with Crippen molar-refractivity contribution in [1.82, 2.24) is 9.80 Å². The van der Waals surface area contributed by atoms with Crippen molar-refractivity contribution in [2.75, 3.05) is 26.2 Å². The van der Waals surface area contributed by atoms with Crippen molar-refractivity contribution in [3.8, 4) is 0 Å². The van der Waals surface area contributed by atoms with Crippen molar-refractivity contribution in [2.24, 2.45) is 11.8 Å². The van der Waals surface area contributed by atoms with Gasteiger partial charge in [-0.3, -0.25) is 9.59 Å². The topological polar surface area (TPSA) is 40.6 Å². The fourth-order valence-corrected chi connectivity index (χ4v) is 4.69. The van der Waals surface area contributed by atoms with Crippen LogP contribution < -0.4 is 0 Å². The summed E-state index contributed by atoms with van der Waals surface area (Å²) in [6.45, 7) is 2.69. The average molecular weight is 374 g/mol. The summed E-state index contributed by atoms with van der Waals surface area (Å²) in [5.41, 5.74) is 2.55. The van der Waals surface area contributed by atoms with Gasteiger partial charge in [0, 0.05) is 38.0 Å². The Labute approximate surface area is 166 Å². The zero-order chi connectivity index (χ0) is 19.1. The quantitative estimate of drug-likeness (QED) is 0.824. The number of carbonyl (C=O) groups excluding carboxylic acids is 2. The summed E-state index contributed by atoms with van der Waals surface area (Å²) in [6.07, 6.45) is 1.92. The van der Waals surface area contributed by atoms with Crippen molar-refractivity contribution in [3.63, 3.8) is 0 Å². The van der Waals surface area contributed by atoms with E-state index < -0.39 is 0 Å². The SMILES string of the molecule is O=C([C@H]1C[C@@H]1c1ccccc1)N1CCN(C(=O)[C@@H]2C[C@@H]2c2ccccc2)CC1. The summed E-state index contributed by atoms with van der Waals surface area (Å²) in [5.74, 6) is 1.58. The second-order valence-electron chi connectivity index (χ2n) is 8.37. The van der Waals surface area contributed by atoms with Gasteiger partial charge in [-0.25, -0.2) is 0 Å². The Morgan fingerprint density at radius 1 is 0.607 bits per heavy atom. The van der Waals surface area contributed by atoms with Crippen molar-refractivity contribution >= 4 is 11.8 Å². The summed E-state index contributed by atoms with van der Waals surface area (Å²) in [6, 6.07) is 20.7. The summed E-state index contributed by atoms with van der Waals surface area (Å²) in [5, 5.41) is 0. The summed E-state index contributed by atoms with van der Waals surface area (Å²) in [4.78, 5) is 29.6. The van der Waals surface area contributed by atoms with Gasteiger partial charge in [0.25, 0.3) is 0 Å². The van der Waals surface area contributed by atoms with Gasteiger partial charge in [0.05, 0.1) is 0 Å². The molecule has 0 spiro atoms. The van der Waals surface area contributed by atoms with Gasteiger partial charge in [-0.2, -0.15) is 0 Å². The van der Waals surface area contributed by atoms with Crippen LogP contribution in [0.2, 0.25) is 0 Å². The Kier molecular flexibility index (Phi) is 4.42. The lowest BCUT2D eigenvalue weighted by molar-refractivity contribution is -0.141. The standard InChI is InChI=1S/C24H26N2O2/c27-23(21-15-19(21)17-7-3-1-4-8-17)25-11-13-26(14-12-25)24(28)22-16-20(22)18-9-5-2-6-10-18/h1-10,19-22H,11-16H2/t19-,20-,21-,22+/m1/s1.